The third-order valence-electron chi connectivity index (χ3n) is 3.81. The van der Waals surface area contributed by atoms with Crippen LogP contribution in [0.4, 0.5) is 0 Å². The zero-order valence-electron chi connectivity index (χ0n) is 10.3. The predicted octanol–water partition coefficient (Wildman–Crippen LogP) is 3.60. The van der Waals surface area contributed by atoms with Gasteiger partial charge in [-0.05, 0) is 32.3 Å². The summed E-state index contributed by atoms with van der Waals surface area (Å²) in [6, 6.07) is 10.0. The van der Waals surface area contributed by atoms with Crippen molar-refractivity contribution in [3.8, 4) is 0 Å². The fraction of sp³-hybridized carbons (Fsp3) is 0.400. The lowest BCUT2D eigenvalue weighted by Crippen LogP contribution is -2.26. The van der Waals surface area contributed by atoms with Crippen LogP contribution in [0, 0.1) is 5.92 Å². The van der Waals surface area contributed by atoms with Crippen LogP contribution in [0.2, 0.25) is 0 Å². The van der Waals surface area contributed by atoms with E-state index in [9.17, 15) is 9.90 Å². The highest BCUT2D eigenvalue weighted by Gasteiger charge is 2.33. The summed E-state index contributed by atoms with van der Waals surface area (Å²) in [5.41, 5.74) is 3.73. The Labute approximate surface area is 102 Å². The van der Waals surface area contributed by atoms with Gasteiger partial charge < -0.3 is 5.11 Å². The molecule has 17 heavy (non-hydrogen) atoms. The number of carbonyl (C=O) groups is 1. The molecule has 0 radical (unpaired) electrons. The van der Waals surface area contributed by atoms with Crippen molar-refractivity contribution < 1.29 is 9.90 Å². The van der Waals surface area contributed by atoms with E-state index < -0.39 is 5.97 Å². The quantitative estimate of drug-likeness (QED) is 0.788. The Kier molecular flexibility index (Phi) is 3.32. The second kappa shape index (κ2) is 4.74. The second-order valence-corrected chi connectivity index (χ2v) is 4.93. The Morgan fingerprint density at radius 1 is 1.12 bits per heavy atom. The lowest BCUT2D eigenvalue weighted by Gasteiger charge is -2.30. The minimum atomic E-state index is -0.675. The molecule has 2 rings (SSSR count). The van der Waals surface area contributed by atoms with Gasteiger partial charge in [-0.3, -0.25) is 4.79 Å². The molecule has 90 valence electrons. The van der Waals surface area contributed by atoms with Gasteiger partial charge in [-0.25, -0.2) is 0 Å². The van der Waals surface area contributed by atoms with Gasteiger partial charge in [0.15, 0.2) is 0 Å². The van der Waals surface area contributed by atoms with Crippen LogP contribution < -0.4 is 0 Å². The molecule has 1 aromatic rings. The summed E-state index contributed by atoms with van der Waals surface area (Å²) in [7, 11) is 0. The fourth-order valence-corrected chi connectivity index (χ4v) is 2.60. The smallest absolute Gasteiger partial charge is 0.307 e. The SMILES string of the molecule is CC1=C(C)C[C@H](c2ccccc2)[C@@H](C(=O)O)C1. The number of rotatable bonds is 2. The highest BCUT2D eigenvalue weighted by molar-refractivity contribution is 5.72. The molecule has 1 aliphatic rings. The van der Waals surface area contributed by atoms with Crippen LogP contribution in [0.25, 0.3) is 0 Å². The van der Waals surface area contributed by atoms with E-state index in [1.165, 1.54) is 11.1 Å². The maximum absolute atomic E-state index is 11.4. The highest BCUT2D eigenvalue weighted by atomic mass is 16.4. The van der Waals surface area contributed by atoms with Gasteiger partial charge in [-0.2, -0.15) is 0 Å². The van der Waals surface area contributed by atoms with E-state index in [1.807, 2.05) is 37.3 Å². The molecule has 2 atom stereocenters. The van der Waals surface area contributed by atoms with Crippen molar-refractivity contribution in [2.45, 2.75) is 32.6 Å². The van der Waals surface area contributed by atoms with Gasteiger partial charge in [-0.1, -0.05) is 41.5 Å². The summed E-state index contributed by atoms with van der Waals surface area (Å²) in [6.45, 7) is 4.16. The van der Waals surface area contributed by atoms with E-state index in [1.54, 1.807) is 0 Å². The van der Waals surface area contributed by atoms with E-state index >= 15 is 0 Å². The van der Waals surface area contributed by atoms with Crippen LogP contribution in [0.5, 0.6) is 0 Å². The number of aliphatic carboxylic acids is 1. The average molecular weight is 230 g/mol. The number of hydrogen-bond acceptors (Lipinski definition) is 1. The normalized spacial score (nSPS) is 24.8. The zero-order valence-corrected chi connectivity index (χ0v) is 10.3. The highest BCUT2D eigenvalue weighted by Crippen LogP contribution is 2.40. The van der Waals surface area contributed by atoms with E-state index in [-0.39, 0.29) is 11.8 Å². The molecular weight excluding hydrogens is 212 g/mol. The molecule has 1 N–H and O–H groups in total. The molecule has 2 heteroatoms. The summed E-state index contributed by atoms with van der Waals surface area (Å²) in [5, 5.41) is 9.35. The molecule has 2 nitrogen and oxygen atoms in total. The molecule has 0 unspecified atom stereocenters. The fourth-order valence-electron chi connectivity index (χ4n) is 2.60. The van der Waals surface area contributed by atoms with Crippen molar-refractivity contribution in [2.75, 3.05) is 0 Å². The third kappa shape index (κ3) is 2.41. The molecule has 0 fully saturated rings. The minimum absolute atomic E-state index is 0.123. The second-order valence-electron chi connectivity index (χ2n) is 4.93. The molecule has 0 heterocycles. The summed E-state index contributed by atoms with van der Waals surface area (Å²) in [6.07, 6.45) is 1.55. The third-order valence-corrected chi connectivity index (χ3v) is 3.81. The van der Waals surface area contributed by atoms with E-state index in [0.29, 0.717) is 6.42 Å². The van der Waals surface area contributed by atoms with Crippen molar-refractivity contribution in [1.29, 1.82) is 0 Å². The Bertz CT molecular complexity index is 445. The van der Waals surface area contributed by atoms with Gasteiger partial charge in [0, 0.05) is 5.92 Å². The first kappa shape index (κ1) is 11.9. The summed E-state index contributed by atoms with van der Waals surface area (Å²) in [4.78, 5) is 11.4. The van der Waals surface area contributed by atoms with Crippen LogP contribution in [-0.2, 0) is 4.79 Å². The van der Waals surface area contributed by atoms with E-state index in [0.717, 1.165) is 12.0 Å². The van der Waals surface area contributed by atoms with E-state index in [4.69, 9.17) is 0 Å². The summed E-state index contributed by atoms with van der Waals surface area (Å²) in [5.74, 6) is -0.829. The van der Waals surface area contributed by atoms with Crippen molar-refractivity contribution in [2.24, 2.45) is 5.92 Å². The van der Waals surface area contributed by atoms with Crippen LogP contribution in [-0.4, -0.2) is 11.1 Å². The summed E-state index contributed by atoms with van der Waals surface area (Å²) >= 11 is 0. The van der Waals surface area contributed by atoms with Gasteiger partial charge >= 0.3 is 5.97 Å². The average Bonchev–Trinajstić information content (AvgIpc) is 2.33. The number of carboxylic acids is 1. The summed E-state index contributed by atoms with van der Waals surface area (Å²) < 4.78 is 0. The first-order chi connectivity index (χ1) is 8.09. The van der Waals surface area contributed by atoms with Crippen molar-refractivity contribution in [3.05, 3.63) is 47.0 Å². The molecule has 0 saturated carbocycles. The standard InChI is InChI=1S/C15H18O2/c1-10-8-13(12-6-4-3-5-7-12)14(15(16)17)9-11(10)2/h3-7,13-14H,8-9H2,1-2H3,(H,16,17)/t13-,14+/m1/s1. The van der Waals surface area contributed by atoms with Gasteiger partial charge in [-0.15, -0.1) is 0 Å². The van der Waals surface area contributed by atoms with Crippen LogP contribution in [0.1, 0.15) is 38.2 Å². The first-order valence-corrected chi connectivity index (χ1v) is 6.02. The van der Waals surface area contributed by atoms with Crippen LogP contribution in [0.15, 0.2) is 41.5 Å². The number of carboxylic acid groups (broad SMARTS) is 1. The lowest BCUT2D eigenvalue weighted by atomic mass is 9.73. The molecular formula is C15H18O2. The Balaban J connectivity index is 2.35. The minimum Gasteiger partial charge on any atom is -0.481 e. The molecule has 0 bridgehead atoms. The number of benzene rings is 1. The Morgan fingerprint density at radius 3 is 2.29 bits per heavy atom. The first-order valence-electron chi connectivity index (χ1n) is 6.02. The van der Waals surface area contributed by atoms with Gasteiger partial charge in [0.05, 0.1) is 5.92 Å². The Morgan fingerprint density at radius 2 is 1.71 bits per heavy atom. The molecule has 0 spiro atoms. The van der Waals surface area contributed by atoms with Crippen molar-refractivity contribution in [1.82, 2.24) is 0 Å². The number of hydrogen-bond donors (Lipinski definition) is 1. The molecule has 0 saturated heterocycles. The monoisotopic (exact) mass is 230 g/mol. The van der Waals surface area contributed by atoms with Gasteiger partial charge in [0.1, 0.15) is 0 Å². The largest absolute Gasteiger partial charge is 0.481 e. The molecule has 1 aromatic carbocycles. The number of allylic oxidation sites excluding steroid dienone is 2. The molecule has 1 aliphatic carbocycles. The predicted molar refractivity (Wildman–Crippen MR) is 67.9 cm³/mol. The molecule has 0 amide bonds. The Hall–Kier alpha value is -1.57. The van der Waals surface area contributed by atoms with E-state index in [2.05, 4.69) is 6.92 Å². The molecule has 0 aromatic heterocycles. The van der Waals surface area contributed by atoms with Gasteiger partial charge in [0.25, 0.3) is 0 Å². The lowest BCUT2D eigenvalue weighted by molar-refractivity contribution is -0.142. The van der Waals surface area contributed by atoms with Crippen molar-refractivity contribution >= 4 is 5.97 Å². The topological polar surface area (TPSA) is 37.3 Å². The zero-order chi connectivity index (χ0) is 12.4. The van der Waals surface area contributed by atoms with Crippen molar-refractivity contribution in [3.63, 3.8) is 0 Å². The maximum Gasteiger partial charge on any atom is 0.307 e. The van der Waals surface area contributed by atoms with Crippen LogP contribution >= 0.6 is 0 Å². The van der Waals surface area contributed by atoms with Crippen LogP contribution in [0.3, 0.4) is 0 Å². The maximum atomic E-state index is 11.4. The molecule has 0 aliphatic heterocycles. The van der Waals surface area contributed by atoms with Gasteiger partial charge in [0.2, 0.25) is 0 Å².